The van der Waals surface area contributed by atoms with Gasteiger partial charge in [-0.25, -0.2) is 0 Å². The second-order valence-electron chi connectivity index (χ2n) is 6.62. The van der Waals surface area contributed by atoms with Crippen LogP contribution in [0, 0.1) is 17.3 Å². The van der Waals surface area contributed by atoms with Crippen molar-refractivity contribution in [1.82, 2.24) is 5.43 Å². The highest BCUT2D eigenvalue weighted by atomic mass is 32.1. The summed E-state index contributed by atoms with van der Waals surface area (Å²) >= 11 is 4.76. The molecule has 19 heavy (non-hydrogen) atoms. The van der Waals surface area contributed by atoms with Gasteiger partial charge in [0.2, 0.25) is 0 Å². The molecule has 2 aliphatic carbocycles. The van der Waals surface area contributed by atoms with Crippen molar-refractivity contribution in [2.24, 2.45) is 28.1 Å². The third kappa shape index (κ3) is 3.35. The van der Waals surface area contributed by atoms with E-state index in [1.807, 2.05) is 6.21 Å². The van der Waals surface area contributed by atoms with Gasteiger partial charge in [0.05, 0.1) is 0 Å². The molecule has 0 aromatic rings. The monoisotopic (exact) mass is 279 g/mol. The van der Waals surface area contributed by atoms with Gasteiger partial charge in [0.25, 0.3) is 0 Å². The van der Waals surface area contributed by atoms with E-state index in [0.717, 1.165) is 6.42 Å². The summed E-state index contributed by atoms with van der Waals surface area (Å²) < 4.78 is 0. The first-order valence-electron chi connectivity index (χ1n) is 7.20. The Kier molecular flexibility index (Phi) is 4.29. The van der Waals surface area contributed by atoms with Gasteiger partial charge in [-0.2, -0.15) is 5.10 Å². The number of hydrogen-bond acceptors (Lipinski definition) is 2. The summed E-state index contributed by atoms with van der Waals surface area (Å²) in [5.41, 5.74) is 11.8. The third-order valence-electron chi connectivity index (χ3n) is 4.70. The minimum Gasteiger partial charge on any atom is -0.375 e. The lowest BCUT2D eigenvalue weighted by Crippen LogP contribution is -2.31. The van der Waals surface area contributed by atoms with Crippen molar-refractivity contribution in [3.05, 3.63) is 11.1 Å². The summed E-state index contributed by atoms with van der Waals surface area (Å²) in [7, 11) is 0. The number of nitrogens with one attached hydrogen (secondary N) is 1. The molecule has 3 N–H and O–H groups in total. The normalized spacial score (nSPS) is 30.3. The fraction of sp³-hybridized carbons (Fsp3) is 0.733. The Morgan fingerprint density at radius 2 is 2.21 bits per heavy atom. The van der Waals surface area contributed by atoms with Crippen LogP contribution in [0.2, 0.25) is 0 Å². The predicted octanol–water partition coefficient (Wildman–Crippen LogP) is 3.36. The van der Waals surface area contributed by atoms with E-state index < -0.39 is 0 Å². The van der Waals surface area contributed by atoms with Gasteiger partial charge in [-0.15, -0.1) is 0 Å². The zero-order chi connectivity index (χ0) is 14.0. The van der Waals surface area contributed by atoms with Crippen LogP contribution < -0.4 is 11.2 Å². The van der Waals surface area contributed by atoms with Gasteiger partial charge in [-0.3, -0.25) is 5.43 Å². The standard InChI is InChI=1S/C15H25N3S/c1-10-7-11-5-4-6-15(2,3)13(11)8-12(10)9-17-18-14(16)19/h9-10,12H,4-8H2,1-3H3,(H3,16,18,19)/b17-9-/t10-,12+/m0/s1. The van der Waals surface area contributed by atoms with Gasteiger partial charge >= 0.3 is 0 Å². The van der Waals surface area contributed by atoms with E-state index in [1.54, 1.807) is 11.1 Å². The molecular formula is C15H25N3S. The Balaban J connectivity index is 2.12. The first-order valence-corrected chi connectivity index (χ1v) is 7.61. The van der Waals surface area contributed by atoms with Crippen LogP contribution in [-0.2, 0) is 0 Å². The fourth-order valence-electron chi connectivity index (χ4n) is 3.54. The van der Waals surface area contributed by atoms with E-state index in [9.17, 15) is 0 Å². The van der Waals surface area contributed by atoms with Gasteiger partial charge in [0, 0.05) is 12.1 Å². The zero-order valence-electron chi connectivity index (χ0n) is 12.2. The second kappa shape index (κ2) is 5.61. The van der Waals surface area contributed by atoms with Crippen molar-refractivity contribution in [3.8, 4) is 0 Å². The van der Waals surface area contributed by atoms with Crippen molar-refractivity contribution in [1.29, 1.82) is 0 Å². The van der Waals surface area contributed by atoms with Crippen molar-refractivity contribution >= 4 is 23.5 Å². The third-order valence-corrected chi connectivity index (χ3v) is 4.80. The molecule has 0 fully saturated rings. The van der Waals surface area contributed by atoms with Crippen LogP contribution in [0.4, 0.5) is 0 Å². The molecule has 0 bridgehead atoms. The molecule has 0 unspecified atom stereocenters. The van der Waals surface area contributed by atoms with Crippen LogP contribution in [-0.4, -0.2) is 11.3 Å². The summed E-state index contributed by atoms with van der Waals surface area (Å²) in [6.45, 7) is 7.10. The minimum absolute atomic E-state index is 0.234. The first-order chi connectivity index (χ1) is 8.90. The van der Waals surface area contributed by atoms with Crippen LogP contribution in [0.3, 0.4) is 0 Å². The Labute approximate surface area is 121 Å². The van der Waals surface area contributed by atoms with E-state index in [1.165, 1.54) is 25.7 Å². The highest BCUT2D eigenvalue weighted by Gasteiger charge is 2.36. The molecule has 2 atom stereocenters. The molecule has 0 saturated heterocycles. The maximum Gasteiger partial charge on any atom is 0.184 e. The molecule has 0 aliphatic heterocycles. The molecule has 0 aromatic heterocycles. The topological polar surface area (TPSA) is 50.4 Å². The Hall–Kier alpha value is -0.900. The summed E-state index contributed by atoms with van der Waals surface area (Å²) in [5, 5.41) is 4.40. The molecule has 0 radical (unpaired) electrons. The molecule has 3 nitrogen and oxygen atoms in total. The van der Waals surface area contributed by atoms with Gasteiger partial charge in [-0.1, -0.05) is 31.9 Å². The van der Waals surface area contributed by atoms with Crippen molar-refractivity contribution < 1.29 is 0 Å². The molecule has 0 amide bonds. The summed E-state index contributed by atoms with van der Waals surface area (Å²) in [4.78, 5) is 0. The van der Waals surface area contributed by atoms with Crippen LogP contribution >= 0.6 is 12.2 Å². The van der Waals surface area contributed by atoms with Gasteiger partial charge in [0.1, 0.15) is 0 Å². The number of nitrogens with two attached hydrogens (primary N) is 1. The number of hydrazone groups is 1. The molecule has 0 spiro atoms. The lowest BCUT2D eigenvalue weighted by atomic mass is 9.63. The number of nitrogens with zero attached hydrogens (tertiary/aromatic N) is 1. The summed E-state index contributed by atoms with van der Waals surface area (Å²) in [6, 6.07) is 0. The highest BCUT2D eigenvalue weighted by molar-refractivity contribution is 7.80. The van der Waals surface area contributed by atoms with E-state index in [0.29, 0.717) is 17.3 Å². The number of allylic oxidation sites excluding steroid dienone is 2. The Bertz CT molecular complexity index is 423. The average molecular weight is 279 g/mol. The number of rotatable bonds is 2. The molecule has 0 aromatic carbocycles. The Morgan fingerprint density at radius 1 is 1.47 bits per heavy atom. The molecular weight excluding hydrogens is 254 g/mol. The van der Waals surface area contributed by atoms with Crippen LogP contribution in [0.25, 0.3) is 0 Å². The lowest BCUT2D eigenvalue weighted by Gasteiger charge is -2.42. The smallest absolute Gasteiger partial charge is 0.184 e. The molecule has 2 rings (SSSR count). The lowest BCUT2D eigenvalue weighted by molar-refractivity contribution is 0.295. The molecule has 106 valence electrons. The molecule has 0 saturated carbocycles. The average Bonchev–Trinajstić information content (AvgIpc) is 2.29. The predicted molar refractivity (Wildman–Crippen MR) is 85.0 cm³/mol. The van der Waals surface area contributed by atoms with Crippen molar-refractivity contribution in [2.75, 3.05) is 0 Å². The van der Waals surface area contributed by atoms with E-state index in [4.69, 9.17) is 18.0 Å². The quantitative estimate of drug-likeness (QED) is 0.353. The maximum absolute atomic E-state index is 5.39. The number of hydrogen-bond donors (Lipinski definition) is 2. The molecule has 4 heteroatoms. The minimum atomic E-state index is 0.234. The largest absolute Gasteiger partial charge is 0.375 e. The maximum atomic E-state index is 5.39. The van der Waals surface area contributed by atoms with Crippen LogP contribution in [0.5, 0.6) is 0 Å². The SMILES string of the molecule is C[C@H]1CC2=C(C[C@@H]1/C=N\NC(N)=S)C(C)(C)CCC2. The van der Waals surface area contributed by atoms with Gasteiger partial charge in [0.15, 0.2) is 5.11 Å². The Morgan fingerprint density at radius 3 is 2.89 bits per heavy atom. The molecule has 0 heterocycles. The number of thiocarbonyl (C=S) groups is 1. The molecule has 2 aliphatic rings. The van der Waals surface area contributed by atoms with Crippen LogP contribution in [0.1, 0.15) is 52.9 Å². The fourth-order valence-corrected chi connectivity index (χ4v) is 3.60. The highest BCUT2D eigenvalue weighted by Crippen LogP contribution is 2.48. The van der Waals surface area contributed by atoms with Gasteiger partial charge < -0.3 is 5.73 Å². The summed E-state index contributed by atoms with van der Waals surface area (Å²) in [6.07, 6.45) is 8.33. The van der Waals surface area contributed by atoms with Gasteiger partial charge in [-0.05, 0) is 55.7 Å². The van der Waals surface area contributed by atoms with Crippen molar-refractivity contribution in [3.63, 3.8) is 0 Å². The summed E-state index contributed by atoms with van der Waals surface area (Å²) in [5.74, 6) is 1.16. The zero-order valence-corrected chi connectivity index (χ0v) is 13.0. The second-order valence-corrected chi connectivity index (χ2v) is 7.06. The van der Waals surface area contributed by atoms with Crippen LogP contribution in [0.15, 0.2) is 16.2 Å². The van der Waals surface area contributed by atoms with Crippen molar-refractivity contribution in [2.45, 2.75) is 52.9 Å². The first kappa shape index (κ1) is 14.5. The van der Waals surface area contributed by atoms with E-state index >= 15 is 0 Å². The van der Waals surface area contributed by atoms with E-state index in [-0.39, 0.29) is 5.11 Å². The van der Waals surface area contributed by atoms with E-state index in [2.05, 4.69) is 31.3 Å².